The third-order valence-corrected chi connectivity index (χ3v) is 1.22. The van der Waals surface area contributed by atoms with Gasteiger partial charge in [-0.05, 0) is 20.3 Å². The molecule has 0 aromatic rings. The first-order valence-corrected chi connectivity index (χ1v) is 3.75. The first kappa shape index (κ1) is 14.0. The Balaban J connectivity index is 0. The van der Waals surface area contributed by atoms with Crippen LogP contribution in [0.3, 0.4) is 0 Å². The number of allylic oxidation sites excluding steroid dienone is 1. The molecule has 2 N–H and O–H groups in total. The van der Waals surface area contributed by atoms with E-state index in [1.54, 1.807) is 6.92 Å². The van der Waals surface area contributed by atoms with Crippen molar-refractivity contribution >= 4 is 18.4 Å². The van der Waals surface area contributed by atoms with Crippen molar-refractivity contribution in [2.24, 2.45) is 5.73 Å². The highest BCUT2D eigenvalue weighted by Gasteiger charge is 2.11. The molecule has 3 nitrogen and oxygen atoms in total. The molecule has 12 heavy (non-hydrogen) atoms. The molecule has 0 radical (unpaired) electrons. The van der Waals surface area contributed by atoms with Gasteiger partial charge in [0.1, 0.15) is 6.04 Å². The maximum absolute atomic E-state index is 10.9. The lowest BCUT2D eigenvalue weighted by molar-refractivity contribution is -0.144. The average molecular weight is 194 g/mol. The highest BCUT2D eigenvalue weighted by molar-refractivity contribution is 5.85. The average Bonchev–Trinajstić information content (AvgIpc) is 2.00. The highest BCUT2D eigenvalue weighted by atomic mass is 35.5. The van der Waals surface area contributed by atoms with E-state index in [4.69, 9.17) is 10.5 Å². The molecule has 0 aromatic heterocycles. The number of hydrogen-bond donors (Lipinski definition) is 1. The standard InChI is InChI=1S/C8H15NO2.ClH/c1-3-5-6-7(9)8(10)11-4-2;/h3,5,7H,4,6,9H2,1-2H3;1H. The van der Waals surface area contributed by atoms with E-state index in [0.717, 1.165) is 0 Å². The molecule has 0 aromatic carbocycles. The van der Waals surface area contributed by atoms with Crippen LogP contribution in [-0.2, 0) is 9.53 Å². The SMILES string of the molecule is CC=CCC(N)C(=O)OCC.Cl. The number of carbonyl (C=O) groups excluding carboxylic acids is 1. The molecule has 0 rings (SSSR count). The van der Waals surface area contributed by atoms with Gasteiger partial charge in [-0.15, -0.1) is 12.4 Å². The first-order chi connectivity index (χ1) is 5.22. The van der Waals surface area contributed by atoms with E-state index in [1.165, 1.54) is 0 Å². The Morgan fingerprint density at radius 3 is 2.67 bits per heavy atom. The summed E-state index contributed by atoms with van der Waals surface area (Å²) < 4.78 is 4.70. The molecule has 0 spiro atoms. The van der Waals surface area contributed by atoms with Crippen LogP contribution in [0.15, 0.2) is 12.2 Å². The molecule has 0 amide bonds. The van der Waals surface area contributed by atoms with E-state index >= 15 is 0 Å². The van der Waals surface area contributed by atoms with Crippen molar-refractivity contribution in [3.8, 4) is 0 Å². The zero-order valence-corrected chi connectivity index (χ0v) is 8.26. The van der Waals surface area contributed by atoms with Crippen LogP contribution in [0.4, 0.5) is 0 Å². The highest BCUT2D eigenvalue weighted by Crippen LogP contribution is 1.93. The fourth-order valence-corrected chi connectivity index (χ4v) is 0.628. The Labute approximate surface area is 79.4 Å². The second-order valence-corrected chi connectivity index (χ2v) is 2.16. The summed E-state index contributed by atoms with van der Waals surface area (Å²) in [4.78, 5) is 10.9. The lowest BCUT2D eigenvalue weighted by atomic mass is 10.2. The summed E-state index contributed by atoms with van der Waals surface area (Å²) in [7, 11) is 0. The minimum Gasteiger partial charge on any atom is -0.465 e. The largest absolute Gasteiger partial charge is 0.465 e. The monoisotopic (exact) mass is 193 g/mol. The topological polar surface area (TPSA) is 52.3 Å². The molecule has 0 bridgehead atoms. The van der Waals surface area contributed by atoms with Crippen LogP contribution in [0.25, 0.3) is 0 Å². The fraction of sp³-hybridized carbons (Fsp3) is 0.625. The molecule has 1 unspecified atom stereocenters. The van der Waals surface area contributed by atoms with Crippen LogP contribution in [0.2, 0.25) is 0 Å². The van der Waals surface area contributed by atoms with Gasteiger partial charge in [0.15, 0.2) is 0 Å². The van der Waals surface area contributed by atoms with Crippen molar-refractivity contribution in [2.75, 3.05) is 6.61 Å². The predicted molar refractivity (Wildman–Crippen MR) is 51.3 cm³/mol. The van der Waals surface area contributed by atoms with Gasteiger partial charge in [0.25, 0.3) is 0 Å². The van der Waals surface area contributed by atoms with Gasteiger partial charge in [0.2, 0.25) is 0 Å². The zero-order chi connectivity index (χ0) is 8.69. The smallest absolute Gasteiger partial charge is 0.323 e. The van der Waals surface area contributed by atoms with E-state index in [-0.39, 0.29) is 18.4 Å². The van der Waals surface area contributed by atoms with Gasteiger partial charge in [-0.1, -0.05) is 12.2 Å². The summed E-state index contributed by atoms with van der Waals surface area (Å²) in [6.07, 6.45) is 4.26. The van der Waals surface area contributed by atoms with Crippen LogP contribution in [0, 0.1) is 0 Å². The van der Waals surface area contributed by atoms with E-state index in [9.17, 15) is 4.79 Å². The number of esters is 1. The Kier molecular flexibility index (Phi) is 9.99. The molecule has 72 valence electrons. The van der Waals surface area contributed by atoms with Gasteiger partial charge in [-0.3, -0.25) is 4.79 Å². The summed E-state index contributed by atoms with van der Waals surface area (Å²) in [6, 6.07) is -0.508. The van der Waals surface area contributed by atoms with E-state index in [0.29, 0.717) is 13.0 Å². The molecular formula is C8H16ClNO2. The van der Waals surface area contributed by atoms with Gasteiger partial charge in [-0.2, -0.15) is 0 Å². The molecule has 0 aliphatic carbocycles. The number of ether oxygens (including phenoxy) is 1. The van der Waals surface area contributed by atoms with Crippen molar-refractivity contribution in [1.82, 2.24) is 0 Å². The molecule has 0 aliphatic heterocycles. The third kappa shape index (κ3) is 6.19. The molecule has 0 aliphatic rings. The molecule has 0 saturated carbocycles. The number of nitrogens with two attached hydrogens (primary N) is 1. The van der Waals surface area contributed by atoms with Gasteiger partial charge >= 0.3 is 5.97 Å². The normalized spacial score (nSPS) is 12.2. The minimum atomic E-state index is -0.508. The lowest BCUT2D eigenvalue weighted by Gasteiger charge is -2.06. The van der Waals surface area contributed by atoms with Gasteiger partial charge < -0.3 is 10.5 Å². The fourth-order valence-electron chi connectivity index (χ4n) is 0.628. The van der Waals surface area contributed by atoms with Crippen molar-refractivity contribution < 1.29 is 9.53 Å². The molecule has 0 fully saturated rings. The minimum absolute atomic E-state index is 0. The van der Waals surface area contributed by atoms with Crippen LogP contribution < -0.4 is 5.73 Å². The van der Waals surface area contributed by atoms with Crippen molar-refractivity contribution in [1.29, 1.82) is 0 Å². The quantitative estimate of drug-likeness (QED) is 0.541. The van der Waals surface area contributed by atoms with Crippen molar-refractivity contribution in [2.45, 2.75) is 26.3 Å². The molecular weight excluding hydrogens is 178 g/mol. The number of hydrogen-bond acceptors (Lipinski definition) is 3. The summed E-state index contributed by atoms with van der Waals surface area (Å²) in [6.45, 7) is 4.04. The molecule has 4 heteroatoms. The molecule has 1 atom stereocenters. The Morgan fingerprint density at radius 1 is 1.67 bits per heavy atom. The van der Waals surface area contributed by atoms with Crippen LogP contribution in [-0.4, -0.2) is 18.6 Å². The maximum Gasteiger partial charge on any atom is 0.323 e. The molecule has 0 heterocycles. The number of rotatable bonds is 4. The van der Waals surface area contributed by atoms with Gasteiger partial charge in [-0.25, -0.2) is 0 Å². The second-order valence-electron chi connectivity index (χ2n) is 2.16. The maximum atomic E-state index is 10.9. The van der Waals surface area contributed by atoms with Crippen LogP contribution in [0.5, 0.6) is 0 Å². The van der Waals surface area contributed by atoms with Gasteiger partial charge in [0.05, 0.1) is 6.61 Å². The predicted octanol–water partition coefficient (Wildman–Crippen LogP) is 1.26. The first-order valence-electron chi connectivity index (χ1n) is 3.75. The van der Waals surface area contributed by atoms with E-state index < -0.39 is 6.04 Å². The zero-order valence-electron chi connectivity index (χ0n) is 7.45. The van der Waals surface area contributed by atoms with E-state index in [2.05, 4.69) is 0 Å². The van der Waals surface area contributed by atoms with Crippen LogP contribution in [0.1, 0.15) is 20.3 Å². The van der Waals surface area contributed by atoms with Gasteiger partial charge in [0, 0.05) is 0 Å². The summed E-state index contributed by atoms with van der Waals surface area (Å²) in [5.74, 6) is -0.328. The third-order valence-electron chi connectivity index (χ3n) is 1.22. The Morgan fingerprint density at radius 2 is 2.25 bits per heavy atom. The van der Waals surface area contributed by atoms with Crippen molar-refractivity contribution in [3.05, 3.63) is 12.2 Å². The summed E-state index contributed by atoms with van der Waals surface area (Å²) >= 11 is 0. The lowest BCUT2D eigenvalue weighted by Crippen LogP contribution is -2.31. The van der Waals surface area contributed by atoms with Crippen LogP contribution >= 0.6 is 12.4 Å². The van der Waals surface area contributed by atoms with E-state index in [1.807, 2.05) is 19.1 Å². The summed E-state index contributed by atoms with van der Waals surface area (Å²) in [5, 5.41) is 0. The summed E-state index contributed by atoms with van der Waals surface area (Å²) in [5.41, 5.74) is 5.46. The number of carbonyl (C=O) groups is 1. The molecule has 0 saturated heterocycles. The number of halogens is 1. The Bertz CT molecular complexity index is 148. The second kappa shape index (κ2) is 8.56. The van der Waals surface area contributed by atoms with Crippen molar-refractivity contribution in [3.63, 3.8) is 0 Å². The Hall–Kier alpha value is -0.540.